The van der Waals surface area contributed by atoms with Gasteiger partial charge in [-0.15, -0.1) is 0 Å². The summed E-state index contributed by atoms with van der Waals surface area (Å²) in [5.74, 6) is -3.02. The number of aliphatic carboxylic acids is 1. The monoisotopic (exact) mass is 600 g/mol. The van der Waals surface area contributed by atoms with Gasteiger partial charge in [-0.25, -0.2) is 8.78 Å². The van der Waals surface area contributed by atoms with Crippen molar-refractivity contribution in [3.8, 4) is 16.9 Å². The summed E-state index contributed by atoms with van der Waals surface area (Å²) >= 11 is 0. The molecule has 3 aliphatic rings. The molecule has 0 aromatic heterocycles. The van der Waals surface area contributed by atoms with Crippen LogP contribution in [0.4, 0.5) is 8.78 Å². The molecule has 7 nitrogen and oxygen atoms in total. The van der Waals surface area contributed by atoms with Crippen molar-refractivity contribution >= 4 is 11.9 Å². The van der Waals surface area contributed by atoms with Crippen molar-refractivity contribution in [2.75, 3.05) is 20.2 Å². The van der Waals surface area contributed by atoms with Crippen LogP contribution in [-0.2, 0) is 20.7 Å². The van der Waals surface area contributed by atoms with E-state index in [2.05, 4.69) is 30.1 Å². The first-order valence-electron chi connectivity index (χ1n) is 15.5. The summed E-state index contributed by atoms with van der Waals surface area (Å²) in [5.41, 5.74) is 4.18. The van der Waals surface area contributed by atoms with Crippen molar-refractivity contribution in [2.24, 2.45) is 0 Å². The number of carboxylic acids is 1. The molecule has 236 valence electrons. The first kappa shape index (κ1) is 32.9. The van der Waals surface area contributed by atoms with Crippen molar-refractivity contribution in [3.05, 3.63) is 53.6 Å². The van der Waals surface area contributed by atoms with Crippen LogP contribution in [-0.4, -0.2) is 72.3 Å². The summed E-state index contributed by atoms with van der Waals surface area (Å²) in [6, 6.07) is 13.1. The van der Waals surface area contributed by atoms with Gasteiger partial charge in [0, 0.05) is 32.5 Å². The van der Waals surface area contributed by atoms with Gasteiger partial charge in [0.25, 0.3) is 11.9 Å². The van der Waals surface area contributed by atoms with E-state index >= 15 is 8.78 Å². The van der Waals surface area contributed by atoms with Crippen molar-refractivity contribution in [3.63, 3.8) is 0 Å². The van der Waals surface area contributed by atoms with Crippen molar-refractivity contribution in [2.45, 2.75) is 108 Å². The third-order valence-electron chi connectivity index (χ3n) is 8.63. The fourth-order valence-corrected chi connectivity index (χ4v) is 6.31. The zero-order valence-electron chi connectivity index (χ0n) is 25.8. The lowest BCUT2D eigenvalue weighted by Gasteiger charge is -2.42. The number of carbonyl (C=O) groups excluding carboxylic acids is 1. The first-order chi connectivity index (χ1) is 20.5. The number of carboxylic acid groups (broad SMARTS) is 1. The lowest BCUT2D eigenvalue weighted by molar-refractivity contribution is -0.157. The number of halogens is 2. The number of rotatable bonds is 9. The lowest BCUT2D eigenvalue weighted by Crippen LogP contribution is -2.58. The molecule has 2 aromatic carbocycles. The molecule has 2 aliphatic carbocycles. The SMILES string of the molecule is CC(=O)O.COc1cccc(-c2cccc(CC(=O)N[C@@H]3[C@@H](OC4CCN(C(C)C)CC4)CCCC3(F)F)c2C2CC2)c1. The second-order valence-electron chi connectivity index (χ2n) is 12.3. The Balaban J connectivity index is 0.000000996. The van der Waals surface area contributed by atoms with E-state index in [1.54, 1.807) is 7.11 Å². The minimum absolute atomic E-state index is 0.0423. The van der Waals surface area contributed by atoms with E-state index in [0.29, 0.717) is 24.8 Å². The summed E-state index contributed by atoms with van der Waals surface area (Å²) < 4.78 is 42.1. The van der Waals surface area contributed by atoms with Crippen LogP contribution in [0.15, 0.2) is 42.5 Å². The molecular formula is C34H46F2N2O5. The molecule has 43 heavy (non-hydrogen) atoms. The Labute approximate surface area is 253 Å². The van der Waals surface area contributed by atoms with Crippen molar-refractivity contribution in [1.29, 1.82) is 0 Å². The number of nitrogens with one attached hydrogen (secondary N) is 1. The molecule has 5 rings (SSSR count). The largest absolute Gasteiger partial charge is 0.497 e. The Morgan fingerprint density at radius 1 is 1.07 bits per heavy atom. The van der Waals surface area contributed by atoms with Gasteiger partial charge in [0.15, 0.2) is 0 Å². The molecule has 0 radical (unpaired) electrons. The highest BCUT2D eigenvalue weighted by atomic mass is 19.3. The molecule has 0 unspecified atom stereocenters. The number of alkyl halides is 2. The number of hydrogen-bond acceptors (Lipinski definition) is 5. The van der Waals surface area contributed by atoms with Gasteiger partial charge in [-0.05, 0) is 92.7 Å². The van der Waals surface area contributed by atoms with Gasteiger partial charge in [0.2, 0.25) is 5.91 Å². The van der Waals surface area contributed by atoms with E-state index in [4.69, 9.17) is 19.4 Å². The quantitative estimate of drug-likeness (QED) is 0.345. The molecule has 2 atom stereocenters. The minimum Gasteiger partial charge on any atom is -0.497 e. The Morgan fingerprint density at radius 3 is 2.37 bits per heavy atom. The molecule has 3 fully saturated rings. The summed E-state index contributed by atoms with van der Waals surface area (Å²) in [6.45, 7) is 7.26. The van der Waals surface area contributed by atoms with Crippen LogP contribution in [0.5, 0.6) is 5.75 Å². The average molecular weight is 601 g/mol. The van der Waals surface area contributed by atoms with Gasteiger partial charge in [-0.1, -0.05) is 30.3 Å². The topological polar surface area (TPSA) is 88.1 Å². The van der Waals surface area contributed by atoms with E-state index in [9.17, 15) is 4.79 Å². The number of carbonyl (C=O) groups is 2. The van der Waals surface area contributed by atoms with Gasteiger partial charge >= 0.3 is 0 Å². The smallest absolute Gasteiger partial charge is 0.300 e. The maximum atomic E-state index is 15.2. The summed E-state index contributed by atoms with van der Waals surface area (Å²) in [6.07, 6.45) is 3.92. The van der Waals surface area contributed by atoms with E-state index in [1.165, 1.54) is 0 Å². The lowest BCUT2D eigenvalue weighted by atomic mass is 9.87. The number of piperidine rings is 1. The van der Waals surface area contributed by atoms with Gasteiger partial charge in [0.05, 0.1) is 25.7 Å². The van der Waals surface area contributed by atoms with Crippen LogP contribution in [0.3, 0.4) is 0 Å². The molecule has 2 N–H and O–H groups in total. The third kappa shape index (κ3) is 8.99. The predicted octanol–water partition coefficient (Wildman–Crippen LogP) is 6.44. The van der Waals surface area contributed by atoms with Gasteiger partial charge in [-0.3, -0.25) is 9.59 Å². The molecule has 2 aromatic rings. The summed E-state index contributed by atoms with van der Waals surface area (Å²) in [7, 11) is 1.65. The van der Waals surface area contributed by atoms with Crippen LogP contribution in [0.25, 0.3) is 11.1 Å². The van der Waals surface area contributed by atoms with Crippen LogP contribution in [0.2, 0.25) is 0 Å². The maximum absolute atomic E-state index is 15.2. The second kappa shape index (κ2) is 14.6. The Bertz CT molecular complexity index is 1240. The Morgan fingerprint density at radius 2 is 1.74 bits per heavy atom. The molecule has 1 aliphatic heterocycles. The zero-order valence-corrected chi connectivity index (χ0v) is 25.8. The van der Waals surface area contributed by atoms with Crippen LogP contribution in [0.1, 0.15) is 82.8 Å². The van der Waals surface area contributed by atoms with Crippen molar-refractivity contribution < 1.29 is 33.0 Å². The standard InChI is InChI=1S/C32H42F2N2O3.C2H4O2/c1-21(2)36-17-14-25(15-18-36)39-28-11-6-16-32(33,34)31(28)35-29(37)20-24-8-5-10-27(30(24)22-12-13-22)23-7-4-9-26(19-23)38-3;1-2(3)4/h4-5,7-10,19,21-22,25,28,31H,6,11-18,20H2,1-3H3,(H,35,37);1H3,(H,3,4)/t28-,31+;/m0./s1. The number of nitrogens with zero attached hydrogens (tertiary/aromatic N) is 1. The Kier molecular flexibility index (Phi) is 11.2. The number of benzene rings is 2. The second-order valence-corrected chi connectivity index (χ2v) is 12.3. The van der Waals surface area contributed by atoms with Gasteiger partial charge in [-0.2, -0.15) is 0 Å². The molecule has 2 saturated carbocycles. The molecule has 0 spiro atoms. The highest BCUT2D eigenvalue weighted by molar-refractivity contribution is 5.81. The molecule has 1 amide bonds. The highest BCUT2D eigenvalue weighted by Crippen LogP contribution is 2.46. The van der Waals surface area contributed by atoms with E-state index in [1.807, 2.05) is 36.4 Å². The number of methoxy groups -OCH3 is 1. The van der Waals surface area contributed by atoms with Gasteiger partial charge < -0.3 is 24.8 Å². The van der Waals surface area contributed by atoms with Crippen LogP contribution in [0, 0.1) is 0 Å². The number of ether oxygens (including phenoxy) is 2. The average Bonchev–Trinajstić information content (AvgIpc) is 3.80. The molecule has 1 heterocycles. The molecule has 0 bridgehead atoms. The van der Waals surface area contributed by atoms with E-state index < -0.39 is 24.0 Å². The van der Waals surface area contributed by atoms with E-state index in [0.717, 1.165) is 73.7 Å². The van der Waals surface area contributed by atoms with Crippen LogP contribution < -0.4 is 10.1 Å². The van der Waals surface area contributed by atoms with E-state index in [-0.39, 0.29) is 24.9 Å². The summed E-state index contributed by atoms with van der Waals surface area (Å²) in [4.78, 5) is 24.7. The van der Waals surface area contributed by atoms with Crippen molar-refractivity contribution in [1.82, 2.24) is 10.2 Å². The third-order valence-corrected chi connectivity index (χ3v) is 8.63. The molecule has 9 heteroatoms. The predicted molar refractivity (Wildman–Crippen MR) is 163 cm³/mol. The number of likely N-dealkylation sites (tertiary alicyclic amines) is 1. The first-order valence-corrected chi connectivity index (χ1v) is 15.5. The number of hydrogen-bond donors (Lipinski definition) is 2. The zero-order chi connectivity index (χ0) is 31.1. The number of amides is 1. The van der Waals surface area contributed by atoms with Crippen LogP contribution >= 0.6 is 0 Å². The fraction of sp³-hybridized carbons (Fsp3) is 0.588. The fourth-order valence-electron chi connectivity index (χ4n) is 6.31. The molecular weight excluding hydrogens is 554 g/mol. The molecule has 1 saturated heterocycles. The minimum atomic E-state index is -2.99. The highest BCUT2D eigenvalue weighted by Gasteiger charge is 2.49. The normalized spacial score (nSPS) is 22.4. The van der Waals surface area contributed by atoms with Gasteiger partial charge in [0.1, 0.15) is 11.8 Å². The maximum Gasteiger partial charge on any atom is 0.300 e. The Hall–Kier alpha value is -3.04. The summed E-state index contributed by atoms with van der Waals surface area (Å²) in [5, 5.41) is 10.2.